The van der Waals surface area contributed by atoms with Crippen molar-refractivity contribution in [1.82, 2.24) is 0 Å². The van der Waals surface area contributed by atoms with Crippen LogP contribution >= 0.6 is 0 Å². The Bertz CT molecular complexity index is 384. The molecule has 0 saturated heterocycles. The van der Waals surface area contributed by atoms with E-state index in [2.05, 4.69) is 6.58 Å². The molecule has 0 amide bonds. The molecule has 0 heterocycles. The highest BCUT2D eigenvalue weighted by molar-refractivity contribution is 5.17. The van der Waals surface area contributed by atoms with Gasteiger partial charge in [-0.05, 0) is 40.0 Å². The Labute approximate surface area is 121 Å². The average Bonchev–Trinajstić information content (AvgIpc) is 2.28. The summed E-state index contributed by atoms with van der Waals surface area (Å²) in [6, 6.07) is 0. The van der Waals surface area contributed by atoms with E-state index in [-0.39, 0.29) is 24.0 Å². The zero-order chi connectivity index (χ0) is 15.3. The van der Waals surface area contributed by atoms with Gasteiger partial charge in [-0.1, -0.05) is 13.0 Å². The molecule has 20 heavy (non-hydrogen) atoms. The minimum atomic E-state index is -1.30. The first-order valence-corrected chi connectivity index (χ1v) is 7.42. The lowest BCUT2D eigenvalue weighted by Gasteiger charge is -2.62. The van der Waals surface area contributed by atoms with Gasteiger partial charge in [-0.3, -0.25) is 0 Å². The van der Waals surface area contributed by atoms with E-state index in [0.717, 1.165) is 0 Å². The zero-order valence-electron chi connectivity index (χ0n) is 13.0. The van der Waals surface area contributed by atoms with Crippen molar-refractivity contribution in [3.63, 3.8) is 0 Å². The molecular formula is C16H28O4. The van der Waals surface area contributed by atoms with Gasteiger partial charge in [-0.15, -0.1) is 6.58 Å². The lowest BCUT2D eigenvalue weighted by Crippen LogP contribution is -2.72. The molecule has 2 bridgehead atoms. The molecule has 3 N–H and O–H groups in total. The number of hydrogen-bond donors (Lipinski definition) is 3. The highest BCUT2D eigenvalue weighted by Crippen LogP contribution is 2.57. The summed E-state index contributed by atoms with van der Waals surface area (Å²) >= 11 is 0. The Morgan fingerprint density at radius 1 is 1.35 bits per heavy atom. The molecule has 3 saturated carbocycles. The number of ether oxygens (including phenoxy) is 1. The fourth-order valence-electron chi connectivity index (χ4n) is 4.08. The summed E-state index contributed by atoms with van der Waals surface area (Å²) in [4.78, 5) is 0. The monoisotopic (exact) mass is 284 g/mol. The van der Waals surface area contributed by atoms with Crippen LogP contribution in [0.5, 0.6) is 0 Å². The topological polar surface area (TPSA) is 69.9 Å². The third kappa shape index (κ3) is 2.33. The number of hydrogen-bond acceptors (Lipinski definition) is 4. The second-order valence-corrected chi connectivity index (χ2v) is 7.72. The van der Waals surface area contributed by atoms with Gasteiger partial charge < -0.3 is 20.1 Å². The lowest BCUT2D eigenvalue weighted by atomic mass is 9.50. The number of fused-ring (bicyclic) bond motifs is 3. The quantitative estimate of drug-likeness (QED) is 0.689. The number of aliphatic hydroxyl groups excluding tert-OH is 2. The van der Waals surface area contributed by atoms with Gasteiger partial charge in [0, 0.05) is 11.3 Å². The van der Waals surface area contributed by atoms with Crippen molar-refractivity contribution in [2.45, 2.75) is 76.5 Å². The maximum atomic E-state index is 10.8. The SMILES string of the molecule is C=CC[C@]1(O)[C@@H]2C[C@H](OC(C)(C)C)[C@@](C)(C[C@@H]2O)[C@H]1O. The molecular weight excluding hydrogens is 256 g/mol. The standard InChI is InChI=1S/C16H28O4/c1-6-7-16(19)10-8-12(20-14(2,3)4)15(5,13(16)18)9-11(10)17/h6,10-13,17-19H,1,7-9H2,2-5H3/t10-,11+,12+,13-,15-,16+/m1/s1. The summed E-state index contributed by atoms with van der Waals surface area (Å²) < 4.78 is 6.10. The van der Waals surface area contributed by atoms with Crippen LogP contribution in [-0.2, 0) is 4.74 Å². The molecule has 3 rings (SSSR count). The first kappa shape index (κ1) is 16.0. The lowest BCUT2D eigenvalue weighted by molar-refractivity contribution is -0.300. The van der Waals surface area contributed by atoms with E-state index < -0.39 is 23.2 Å². The van der Waals surface area contributed by atoms with Crippen molar-refractivity contribution in [2.75, 3.05) is 0 Å². The van der Waals surface area contributed by atoms with Crippen LogP contribution in [0.1, 0.15) is 47.0 Å². The van der Waals surface area contributed by atoms with Crippen LogP contribution in [0.15, 0.2) is 12.7 Å². The Balaban J connectivity index is 2.34. The van der Waals surface area contributed by atoms with Crippen molar-refractivity contribution < 1.29 is 20.1 Å². The maximum absolute atomic E-state index is 10.8. The van der Waals surface area contributed by atoms with Gasteiger partial charge in [0.1, 0.15) is 0 Å². The van der Waals surface area contributed by atoms with E-state index >= 15 is 0 Å². The van der Waals surface area contributed by atoms with Crippen molar-refractivity contribution >= 4 is 0 Å². The third-order valence-electron chi connectivity index (χ3n) is 5.02. The molecule has 0 radical (unpaired) electrons. The molecule has 0 aliphatic heterocycles. The minimum Gasteiger partial charge on any atom is -0.393 e. The summed E-state index contributed by atoms with van der Waals surface area (Å²) in [5, 5.41) is 31.8. The van der Waals surface area contributed by atoms with Gasteiger partial charge in [0.15, 0.2) is 0 Å². The normalized spacial score (nSPS) is 48.4. The van der Waals surface area contributed by atoms with E-state index in [1.54, 1.807) is 6.08 Å². The molecule has 4 heteroatoms. The molecule has 3 fully saturated rings. The number of rotatable bonds is 3. The first-order valence-electron chi connectivity index (χ1n) is 7.42. The van der Waals surface area contributed by atoms with Crippen LogP contribution in [0.25, 0.3) is 0 Å². The van der Waals surface area contributed by atoms with Gasteiger partial charge in [-0.2, -0.15) is 0 Å². The van der Waals surface area contributed by atoms with E-state index in [1.165, 1.54) is 0 Å². The van der Waals surface area contributed by atoms with Crippen molar-refractivity contribution in [1.29, 1.82) is 0 Å². The minimum absolute atomic E-state index is 0.156. The van der Waals surface area contributed by atoms with Crippen LogP contribution in [0.3, 0.4) is 0 Å². The smallest absolute Gasteiger partial charge is 0.0999 e. The van der Waals surface area contributed by atoms with E-state index in [0.29, 0.717) is 12.8 Å². The molecule has 116 valence electrons. The highest BCUT2D eigenvalue weighted by atomic mass is 16.5. The zero-order valence-corrected chi connectivity index (χ0v) is 13.0. The van der Waals surface area contributed by atoms with Crippen molar-refractivity contribution in [2.24, 2.45) is 11.3 Å². The Hall–Kier alpha value is -0.420. The summed E-state index contributed by atoms with van der Waals surface area (Å²) in [6.45, 7) is 11.5. The van der Waals surface area contributed by atoms with Crippen LogP contribution in [0.2, 0.25) is 0 Å². The Morgan fingerprint density at radius 2 is 1.95 bits per heavy atom. The summed E-state index contributed by atoms with van der Waals surface area (Å²) in [5.41, 5.74) is -2.25. The predicted octanol–water partition coefficient (Wildman–Crippen LogP) is 1.63. The fourth-order valence-corrected chi connectivity index (χ4v) is 4.08. The molecule has 0 aromatic carbocycles. The van der Waals surface area contributed by atoms with Gasteiger partial charge in [0.05, 0.1) is 29.5 Å². The van der Waals surface area contributed by atoms with E-state index in [1.807, 2.05) is 27.7 Å². The van der Waals surface area contributed by atoms with Crippen LogP contribution in [0.4, 0.5) is 0 Å². The maximum Gasteiger partial charge on any atom is 0.0999 e. The third-order valence-corrected chi connectivity index (χ3v) is 5.02. The van der Waals surface area contributed by atoms with E-state index in [9.17, 15) is 15.3 Å². The summed E-state index contributed by atoms with van der Waals surface area (Å²) in [5.74, 6) is -0.371. The first-order chi connectivity index (χ1) is 9.04. The molecule has 0 unspecified atom stereocenters. The van der Waals surface area contributed by atoms with Crippen LogP contribution in [0, 0.1) is 11.3 Å². The average molecular weight is 284 g/mol. The highest BCUT2D eigenvalue weighted by Gasteiger charge is 2.66. The predicted molar refractivity (Wildman–Crippen MR) is 77.2 cm³/mol. The largest absolute Gasteiger partial charge is 0.393 e. The fraction of sp³-hybridized carbons (Fsp3) is 0.875. The van der Waals surface area contributed by atoms with Crippen LogP contribution < -0.4 is 0 Å². The molecule has 4 nitrogen and oxygen atoms in total. The molecule has 3 aliphatic carbocycles. The molecule has 0 spiro atoms. The van der Waals surface area contributed by atoms with E-state index in [4.69, 9.17) is 4.74 Å². The molecule has 0 aromatic rings. The summed E-state index contributed by atoms with van der Waals surface area (Å²) in [6.07, 6.45) is 1.24. The summed E-state index contributed by atoms with van der Waals surface area (Å²) in [7, 11) is 0. The molecule has 3 aliphatic rings. The van der Waals surface area contributed by atoms with Crippen LogP contribution in [-0.4, -0.2) is 44.8 Å². The Morgan fingerprint density at radius 3 is 2.45 bits per heavy atom. The van der Waals surface area contributed by atoms with Gasteiger partial charge >= 0.3 is 0 Å². The van der Waals surface area contributed by atoms with Crippen molar-refractivity contribution in [3.8, 4) is 0 Å². The van der Waals surface area contributed by atoms with Crippen molar-refractivity contribution in [3.05, 3.63) is 12.7 Å². The second-order valence-electron chi connectivity index (χ2n) is 7.72. The molecule has 6 atom stereocenters. The Kier molecular flexibility index (Phi) is 3.83. The number of aliphatic hydroxyl groups is 3. The second kappa shape index (κ2) is 4.80. The van der Waals surface area contributed by atoms with Gasteiger partial charge in [0.25, 0.3) is 0 Å². The van der Waals surface area contributed by atoms with Gasteiger partial charge in [-0.25, -0.2) is 0 Å². The van der Waals surface area contributed by atoms with Gasteiger partial charge in [0.2, 0.25) is 0 Å². The molecule has 0 aromatic heterocycles.